The van der Waals surface area contributed by atoms with Crippen LogP contribution in [0.1, 0.15) is 42.9 Å². The number of carbonyl (C=O) groups excluding carboxylic acids is 1. The van der Waals surface area contributed by atoms with Crippen LogP contribution in [0.2, 0.25) is 0 Å². The first-order valence-corrected chi connectivity index (χ1v) is 11.5. The SMILES string of the molecule is CCN(CCCCCc1ccccc1N1C(=O)Cc2ccccc21)Cc1ccccc1. The lowest BCUT2D eigenvalue weighted by atomic mass is 10.0. The van der Waals surface area contributed by atoms with E-state index in [9.17, 15) is 4.79 Å². The second-order valence-corrected chi connectivity index (χ2v) is 8.33. The molecule has 31 heavy (non-hydrogen) atoms. The van der Waals surface area contributed by atoms with Gasteiger partial charge in [-0.15, -0.1) is 0 Å². The molecule has 160 valence electrons. The molecule has 0 unspecified atom stereocenters. The molecule has 3 heteroatoms. The molecule has 3 aromatic carbocycles. The standard InChI is InChI=1S/C28H32N2O/c1-2-29(22-23-13-5-3-6-14-23)20-12-4-7-15-24-16-8-10-18-26(24)30-27-19-11-9-17-25(27)21-28(30)31/h3,5-6,8-11,13-14,16-19H,2,4,7,12,15,20-22H2,1H3. The predicted molar refractivity (Wildman–Crippen MR) is 129 cm³/mol. The minimum atomic E-state index is 0.174. The monoisotopic (exact) mass is 412 g/mol. The molecule has 0 saturated carbocycles. The summed E-state index contributed by atoms with van der Waals surface area (Å²) in [5, 5.41) is 0. The summed E-state index contributed by atoms with van der Waals surface area (Å²) in [6.07, 6.45) is 5.05. The highest BCUT2D eigenvalue weighted by Gasteiger charge is 2.29. The summed E-state index contributed by atoms with van der Waals surface area (Å²) in [5.74, 6) is 0.174. The Kier molecular flexibility index (Phi) is 7.16. The minimum Gasteiger partial charge on any atom is -0.299 e. The third-order valence-corrected chi connectivity index (χ3v) is 6.17. The average molecular weight is 413 g/mol. The Labute approximate surface area is 186 Å². The highest BCUT2D eigenvalue weighted by molar-refractivity contribution is 6.07. The third-order valence-electron chi connectivity index (χ3n) is 6.17. The number of benzene rings is 3. The molecule has 4 rings (SSSR count). The van der Waals surface area contributed by atoms with E-state index in [0.29, 0.717) is 6.42 Å². The summed E-state index contributed by atoms with van der Waals surface area (Å²) in [4.78, 5) is 17.2. The van der Waals surface area contributed by atoms with Crippen molar-refractivity contribution in [3.8, 4) is 0 Å². The first-order valence-electron chi connectivity index (χ1n) is 11.5. The first-order chi connectivity index (χ1) is 15.3. The van der Waals surface area contributed by atoms with Gasteiger partial charge in [0.05, 0.1) is 17.8 Å². The van der Waals surface area contributed by atoms with Gasteiger partial charge in [-0.2, -0.15) is 0 Å². The van der Waals surface area contributed by atoms with Crippen molar-refractivity contribution in [3.63, 3.8) is 0 Å². The number of hydrogen-bond acceptors (Lipinski definition) is 2. The molecule has 3 nitrogen and oxygen atoms in total. The number of nitrogens with zero attached hydrogens (tertiary/aromatic N) is 2. The van der Waals surface area contributed by atoms with Crippen molar-refractivity contribution in [2.75, 3.05) is 18.0 Å². The molecule has 0 aliphatic carbocycles. The van der Waals surface area contributed by atoms with E-state index in [1.807, 2.05) is 23.1 Å². The molecule has 0 spiro atoms. The van der Waals surface area contributed by atoms with Crippen molar-refractivity contribution in [1.82, 2.24) is 4.90 Å². The normalized spacial score (nSPS) is 13.1. The van der Waals surface area contributed by atoms with Gasteiger partial charge in [0.25, 0.3) is 0 Å². The Morgan fingerprint density at radius 1 is 0.806 bits per heavy atom. The highest BCUT2D eigenvalue weighted by atomic mass is 16.2. The van der Waals surface area contributed by atoms with E-state index in [0.717, 1.165) is 49.4 Å². The van der Waals surface area contributed by atoms with Gasteiger partial charge in [-0.1, -0.05) is 80.1 Å². The molecule has 0 atom stereocenters. The van der Waals surface area contributed by atoms with E-state index in [1.54, 1.807) is 0 Å². The van der Waals surface area contributed by atoms with Gasteiger partial charge in [0.15, 0.2) is 0 Å². The van der Waals surface area contributed by atoms with E-state index in [1.165, 1.54) is 24.0 Å². The van der Waals surface area contributed by atoms with E-state index in [2.05, 4.69) is 72.5 Å². The second-order valence-electron chi connectivity index (χ2n) is 8.33. The van der Waals surface area contributed by atoms with Crippen molar-refractivity contribution >= 4 is 17.3 Å². The van der Waals surface area contributed by atoms with Crippen molar-refractivity contribution in [1.29, 1.82) is 0 Å². The van der Waals surface area contributed by atoms with Crippen molar-refractivity contribution in [2.45, 2.75) is 45.6 Å². The molecule has 3 aromatic rings. The summed E-state index contributed by atoms with van der Waals surface area (Å²) in [7, 11) is 0. The van der Waals surface area contributed by atoms with Gasteiger partial charge < -0.3 is 0 Å². The maximum Gasteiger partial charge on any atom is 0.236 e. The summed E-state index contributed by atoms with van der Waals surface area (Å²) >= 11 is 0. The van der Waals surface area contributed by atoms with Gasteiger partial charge in [0, 0.05) is 6.54 Å². The van der Waals surface area contributed by atoms with Crippen molar-refractivity contribution in [2.24, 2.45) is 0 Å². The number of rotatable bonds is 10. The van der Waals surface area contributed by atoms with Crippen LogP contribution in [-0.4, -0.2) is 23.9 Å². The Morgan fingerprint density at radius 3 is 2.32 bits per heavy atom. The maximum atomic E-state index is 12.7. The van der Waals surface area contributed by atoms with E-state index < -0.39 is 0 Å². The summed E-state index contributed by atoms with van der Waals surface area (Å²) in [6, 6.07) is 27.3. The Morgan fingerprint density at radius 2 is 1.52 bits per heavy atom. The predicted octanol–water partition coefficient (Wildman–Crippen LogP) is 6.14. The van der Waals surface area contributed by atoms with Gasteiger partial charge >= 0.3 is 0 Å². The highest BCUT2D eigenvalue weighted by Crippen LogP contribution is 2.37. The summed E-state index contributed by atoms with van der Waals surface area (Å²) < 4.78 is 0. The number of amides is 1. The molecule has 0 saturated heterocycles. The lowest BCUT2D eigenvalue weighted by Gasteiger charge is -2.22. The zero-order chi connectivity index (χ0) is 21.5. The number of anilines is 2. The fraction of sp³-hybridized carbons (Fsp3) is 0.321. The van der Waals surface area contributed by atoms with E-state index in [-0.39, 0.29) is 5.91 Å². The molecule has 0 N–H and O–H groups in total. The molecular formula is C28H32N2O. The Hall–Kier alpha value is -2.91. The smallest absolute Gasteiger partial charge is 0.236 e. The molecule has 1 aliphatic rings. The molecule has 0 aromatic heterocycles. The number of para-hydroxylation sites is 2. The Balaban J connectivity index is 1.32. The van der Waals surface area contributed by atoms with Gasteiger partial charge in [-0.25, -0.2) is 0 Å². The van der Waals surface area contributed by atoms with Gasteiger partial charge in [-0.3, -0.25) is 14.6 Å². The Bertz CT molecular complexity index is 999. The van der Waals surface area contributed by atoms with Crippen LogP contribution in [0.15, 0.2) is 78.9 Å². The molecule has 1 amide bonds. The number of hydrogen-bond donors (Lipinski definition) is 0. The molecule has 0 fully saturated rings. The van der Waals surface area contributed by atoms with Crippen LogP contribution < -0.4 is 4.90 Å². The van der Waals surface area contributed by atoms with Gasteiger partial charge in [-0.05, 0) is 61.2 Å². The number of unbranched alkanes of at least 4 members (excludes halogenated alkanes) is 2. The van der Waals surface area contributed by atoms with Crippen LogP contribution in [0.4, 0.5) is 11.4 Å². The topological polar surface area (TPSA) is 23.6 Å². The first kappa shape index (κ1) is 21.3. The maximum absolute atomic E-state index is 12.7. The average Bonchev–Trinajstić information content (AvgIpc) is 3.14. The van der Waals surface area contributed by atoms with Gasteiger partial charge in [0.2, 0.25) is 5.91 Å². The lowest BCUT2D eigenvalue weighted by Crippen LogP contribution is -2.24. The fourth-order valence-electron chi connectivity index (χ4n) is 4.48. The number of carbonyl (C=O) groups is 1. The molecule has 0 radical (unpaired) electrons. The zero-order valence-corrected chi connectivity index (χ0v) is 18.5. The van der Waals surface area contributed by atoms with Crippen LogP contribution in [0.5, 0.6) is 0 Å². The second kappa shape index (κ2) is 10.4. The van der Waals surface area contributed by atoms with Crippen molar-refractivity contribution in [3.05, 3.63) is 95.6 Å². The summed E-state index contributed by atoms with van der Waals surface area (Å²) in [5.41, 5.74) is 5.87. The largest absolute Gasteiger partial charge is 0.299 e. The number of aryl methyl sites for hydroxylation is 1. The number of fused-ring (bicyclic) bond motifs is 1. The molecule has 0 bridgehead atoms. The minimum absolute atomic E-state index is 0.174. The van der Waals surface area contributed by atoms with Gasteiger partial charge in [0.1, 0.15) is 0 Å². The fourth-order valence-corrected chi connectivity index (χ4v) is 4.48. The quantitative estimate of drug-likeness (QED) is 0.373. The lowest BCUT2D eigenvalue weighted by molar-refractivity contribution is -0.116. The van der Waals surface area contributed by atoms with Crippen molar-refractivity contribution < 1.29 is 4.79 Å². The van der Waals surface area contributed by atoms with Crippen LogP contribution in [-0.2, 0) is 24.2 Å². The third kappa shape index (κ3) is 5.23. The molecule has 1 aliphatic heterocycles. The molecule has 1 heterocycles. The van der Waals surface area contributed by atoms with Crippen LogP contribution >= 0.6 is 0 Å². The van der Waals surface area contributed by atoms with E-state index >= 15 is 0 Å². The van der Waals surface area contributed by atoms with Crippen LogP contribution in [0.3, 0.4) is 0 Å². The van der Waals surface area contributed by atoms with E-state index in [4.69, 9.17) is 0 Å². The zero-order valence-electron chi connectivity index (χ0n) is 18.5. The van der Waals surface area contributed by atoms with Crippen LogP contribution in [0, 0.1) is 0 Å². The summed E-state index contributed by atoms with van der Waals surface area (Å²) in [6.45, 7) is 5.47. The van der Waals surface area contributed by atoms with Crippen LogP contribution in [0.25, 0.3) is 0 Å². The molecular weight excluding hydrogens is 380 g/mol.